The average Bonchev–Trinajstić information content (AvgIpc) is 2.59. The first kappa shape index (κ1) is 18.5. The van der Waals surface area contributed by atoms with Crippen LogP contribution in [0.25, 0.3) is 0 Å². The van der Waals surface area contributed by atoms with E-state index < -0.39 is 18.0 Å². The molecule has 2 N–H and O–H groups in total. The van der Waals surface area contributed by atoms with Crippen LogP contribution < -0.4 is 10.1 Å². The summed E-state index contributed by atoms with van der Waals surface area (Å²) in [6.45, 7) is 3.65. The Morgan fingerprint density at radius 3 is 2.48 bits per heavy atom. The molecule has 0 bridgehead atoms. The highest BCUT2D eigenvalue weighted by Crippen LogP contribution is 2.14. The van der Waals surface area contributed by atoms with Gasteiger partial charge in [-0.3, -0.25) is 9.59 Å². The van der Waals surface area contributed by atoms with Gasteiger partial charge in [0.05, 0.1) is 5.92 Å². The minimum Gasteiger partial charge on any atom is -0.481 e. The van der Waals surface area contributed by atoms with Gasteiger partial charge >= 0.3 is 5.97 Å². The van der Waals surface area contributed by atoms with Gasteiger partial charge < -0.3 is 15.2 Å². The van der Waals surface area contributed by atoms with Crippen molar-refractivity contribution in [3.63, 3.8) is 0 Å². The minimum atomic E-state index is -0.934. The molecule has 2 aromatic carbocycles. The van der Waals surface area contributed by atoms with Gasteiger partial charge in [-0.1, -0.05) is 42.5 Å². The first-order chi connectivity index (χ1) is 12.0. The van der Waals surface area contributed by atoms with Crippen LogP contribution in [0.1, 0.15) is 18.1 Å². The number of nitrogens with one attached hydrogen (secondary N) is 1. The lowest BCUT2D eigenvalue weighted by molar-refractivity contribution is -0.141. The Balaban J connectivity index is 1.88. The number of rotatable bonds is 8. The third kappa shape index (κ3) is 5.95. The molecule has 0 radical (unpaired) electrons. The number of carbonyl (C=O) groups is 2. The minimum absolute atomic E-state index is 0.0601. The Kier molecular flexibility index (Phi) is 6.57. The van der Waals surface area contributed by atoms with Crippen molar-refractivity contribution in [3.8, 4) is 5.75 Å². The van der Waals surface area contributed by atoms with Crippen molar-refractivity contribution in [2.75, 3.05) is 6.54 Å². The second kappa shape index (κ2) is 8.87. The first-order valence-corrected chi connectivity index (χ1v) is 8.23. The monoisotopic (exact) mass is 341 g/mol. The summed E-state index contributed by atoms with van der Waals surface area (Å²) in [5.41, 5.74) is 1.96. The standard InChI is InChI=1S/C20H23NO4/c1-14-7-6-10-18(11-14)25-15(2)19(22)21-13-17(20(23)24)12-16-8-4-3-5-9-16/h3-11,15,17H,12-13H2,1-2H3,(H,21,22)(H,23,24). The Bertz CT molecular complexity index is 715. The first-order valence-electron chi connectivity index (χ1n) is 8.23. The van der Waals surface area contributed by atoms with Crippen LogP contribution in [0.3, 0.4) is 0 Å². The van der Waals surface area contributed by atoms with E-state index in [1.807, 2.05) is 55.5 Å². The second-order valence-corrected chi connectivity index (χ2v) is 6.05. The molecule has 0 aliphatic carbocycles. The fourth-order valence-corrected chi connectivity index (χ4v) is 2.46. The molecule has 0 saturated carbocycles. The summed E-state index contributed by atoms with van der Waals surface area (Å²) in [6, 6.07) is 16.8. The van der Waals surface area contributed by atoms with Crippen LogP contribution in [0.5, 0.6) is 5.75 Å². The number of hydrogen-bond donors (Lipinski definition) is 2. The molecule has 2 aromatic rings. The van der Waals surface area contributed by atoms with Gasteiger partial charge in [0.15, 0.2) is 6.10 Å². The van der Waals surface area contributed by atoms with Crippen molar-refractivity contribution in [1.82, 2.24) is 5.32 Å². The maximum Gasteiger partial charge on any atom is 0.308 e. The summed E-state index contributed by atoms with van der Waals surface area (Å²) in [7, 11) is 0. The lowest BCUT2D eigenvalue weighted by Crippen LogP contribution is -2.40. The Morgan fingerprint density at radius 1 is 1.12 bits per heavy atom. The van der Waals surface area contributed by atoms with Crippen molar-refractivity contribution < 1.29 is 19.4 Å². The molecule has 25 heavy (non-hydrogen) atoms. The predicted molar refractivity (Wildman–Crippen MR) is 95.6 cm³/mol. The maximum absolute atomic E-state index is 12.2. The highest BCUT2D eigenvalue weighted by Gasteiger charge is 2.21. The summed E-state index contributed by atoms with van der Waals surface area (Å²) in [5.74, 6) is -1.34. The molecular formula is C20H23NO4. The molecule has 1 amide bonds. The molecule has 5 heteroatoms. The van der Waals surface area contributed by atoms with E-state index in [0.717, 1.165) is 11.1 Å². The molecule has 132 valence electrons. The van der Waals surface area contributed by atoms with E-state index in [-0.39, 0.29) is 12.5 Å². The van der Waals surface area contributed by atoms with Gasteiger partial charge in [-0.15, -0.1) is 0 Å². The van der Waals surface area contributed by atoms with Crippen LogP contribution in [-0.2, 0) is 16.0 Å². The third-order valence-electron chi connectivity index (χ3n) is 3.87. The zero-order valence-electron chi connectivity index (χ0n) is 14.4. The highest BCUT2D eigenvalue weighted by molar-refractivity contribution is 5.81. The largest absolute Gasteiger partial charge is 0.481 e. The van der Waals surface area contributed by atoms with Gasteiger partial charge in [0.25, 0.3) is 5.91 Å². The van der Waals surface area contributed by atoms with Crippen LogP contribution >= 0.6 is 0 Å². The molecule has 0 saturated heterocycles. The second-order valence-electron chi connectivity index (χ2n) is 6.05. The number of carboxylic acid groups (broad SMARTS) is 1. The molecule has 2 unspecified atom stereocenters. The van der Waals surface area contributed by atoms with Gasteiger partial charge in [-0.2, -0.15) is 0 Å². The number of aliphatic carboxylic acids is 1. The number of aryl methyl sites for hydroxylation is 1. The van der Waals surface area contributed by atoms with E-state index in [4.69, 9.17) is 4.74 Å². The van der Waals surface area contributed by atoms with Crippen molar-refractivity contribution in [2.24, 2.45) is 5.92 Å². The molecule has 2 atom stereocenters. The molecule has 0 fully saturated rings. The Morgan fingerprint density at radius 2 is 1.84 bits per heavy atom. The van der Waals surface area contributed by atoms with Crippen molar-refractivity contribution in [2.45, 2.75) is 26.4 Å². The van der Waals surface area contributed by atoms with Crippen LogP contribution in [0.4, 0.5) is 0 Å². The summed E-state index contributed by atoms with van der Waals surface area (Å²) in [4.78, 5) is 23.6. The van der Waals surface area contributed by atoms with E-state index >= 15 is 0 Å². The van der Waals surface area contributed by atoms with Crippen molar-refractivity contribution >= 4 is 11.9 Å². The lowest BCUT2D eigenvalue weighted by Gasteiger charge is -2.17. The van der Waals surface area contributed by atoms with Gasteiger partial charge in [0.2, 0.25) is 0 Å². The van der Waals surface area contributed by atoms with Crippen LogP contribution in [-0.4, -0.2) is 29.6 Å². The maximum atomic E-state index is 12.2. The fraction of sp³-hybridized carbons (Fsp3) is 0.300. The molecular weight excluding hydrogens is 318 g/mol. The van der Waals surface area contributed by atoms with E-state index in [1.165, 1.54) is 0 Å². The molecule has 5 nitrogen and oxygen atoms in total. The number of benzene rings is 2. The molecule has 0 aliphatic heterocycles. The van der Waals surface area contributed by atoms with Crippen LogP contribution in [0.2, 0.25) is 0 Å². The summed E-state index contributed by atoms with van der Waals surface area (Å²) < 4.78 is 5.61. The summed E-state index contributed by atoms with van der Waals surface area (Å²) in [6.07, 6.45) is -0.336. The Labute approximate surface area is 147 Å². The normalized spacial score (nSPS) is 12.9. The average molecular weight is 341 g/mol. The molecule has 0 aliphatic rings. The van der Waals surface area contributed by atoms with Crippen molar-refractivity contribution in [1.29, 1.82) is 0 Å². The van der Waals surface area contributed by atoms with Crippen LogP contribution in [0, 0.1) is 12.8 Å². The number of carbonyl (C=O) groups excluding carboxylic acids is 1. The Hall–Kier alpha value is -2.82. The zero-order valence-corrected chi connectivity index (χ0v) is 14.4. The summed E-state index contributed by atoms with van der Waals surface area (Å²) >= 11 is 0. The third-order valence-corrected chi connectivity index (χ3v) is 3.87. The van der Waals surface area contributed by atoms with E-state index in [0.29, 0.717) is 12.2 Å². The quantitative estimate of drug-likeness (QED) is 0.774. The SMILES string of the molecule is Cc1cccc(OC(C)C(=O)NCC(Cc2ccccc2)C(=O)O)c1. The summed E-state index contributed by atoms with van der Waals surface area (Å²) in [5, 5.41) is 12.0. The van der Waals surface area contributed by atoms with E-state index in [2.05, 4.69) is 5.32 Å². The number of hydrogen-bond acceptors (Lipinski definition) is 3. The molecule has 2 rings (SSSR count). The highest BCUT2D eigenvalue weighted by atomic mass is 16.5. The fourth-order valence-electron chi connectivity index (χ4n) is 2.46. The topological polar surface area (TPSA) is 75.6 Å². The lowest BCUT2D eigenvalue weighted by atomic mass is 9.99. The van der Waals surface area contributed by atoms with Gasteiger partial charge in [0, 0.05) is 6.54 Å². The zero-order chi connectivity index (χ0) is 18.2. The van der Waals surface area contributed by atoms with Gasteiger partial charge in [-0.25, -0.2) is 0 Å². The molecule has 0 spiro atoms. The number of ether oxygens (including phenoxy) is 1. The van der Waals surface area contributed by atoms with E-state index in [1.54, 1.807) is 13.0 Å². The van der Waals surface area contributed by atoms with E-state index in [9.17, 15) is 14.7 Å². The number of amides is 1. The molecule has 0 aromatic heterocycles. The predicted octanol–water partition coefficient (Wildman–Crippen LogP) is 2.82. The number of carboxylic acids is 1. The van der Waals surface area contributed by atoms with Crippen LogP contribution in [0.15, 0.2) is 54.6 Å². The smallest absolute Gasteiger partial charge is 0.308 e. The van der Waals surface area contributed by atoms with Gasteiger partial charge in [0.1, 0.15) is 5.75 Å². The van der Waals surface area contributed by atoms with Gasteiger partial charge in [-0.05, 0) is 43.5 Å². The molecule has 0 heterocycles. The van der Waals surface area contributed by atoms with Crippen molar-refractivity contribution in [3.05, 3.63) is 65.7 Å².